The largest absolute Gasteiger partial charge is 0.0842 e. The van der Waals surface area contributed by atoms with Gasteiger partial charge in [0, 0.05) is 0 Å². The van der Waals surface area contributed by atoms with Gasteiger partial charge in [0.25, 0.3) is 0 Å². The van der Waals surface area contributed by atoms with Crippen molar-refractivity contribution in [3.8, 4) is 0 Å². The van der Waals surface area contributed by atoms with Crippen LogP contribution in [0.15, 0.2) is 47.6 Å². The summed E-state index contributed by atoms with van der Waals surface area (Å²) in [6, 6.07) is 0. The van der Waals surface area contributed by atoms with E-state index >= 15 is 0 Å². The van der Waals surface area contributed by atoms with Crippen LogP contribution in [0.3, 0.4) is 0 Å². The standard InChI is InChI=1S/C13H18.C2H6/c1-4-5-6-13-10-8-11(2)7-9-12(13)3;1-2/h5-11H,4H2,1-3H3;1-2H3/b6-5-;. The van der Waals surface area contributed by atoms with Crippen LogP contribution in [0.5, 0.6) is 0 Å². The van der Waals surface area contributed by atoms with Gasteiger partial charge in [-0.15, -0.1) is 0 Å². The maximum atomic E-state index is 2.24. The molecular formula is C15H24. The van der Waals surface area contributed by atoms with Crippen molar-refractivity contribution in [2.24, 2.45) is 5.92 Å². The molecule has 1 unspecified atom stereocenters. The smallest absolute Gasteiger partial charge is 0.00753 e. The van der Waals surface area contributed by atoms with Crippen LogP contribution in [0.25, 0.3) is 0 Å². The van der Waals surface area contributed by atoms with Gasteiger partial charge in [0.2, 0.25) is 0 Å². The molecule has 0 amide bonds. The molecule has 1 atom stereocenters. The number of hydrogen-bond acceptors (Lipinski definition) is 0. The van der Waals surface area contributed by atoms with E-state index in [0.29, 0.717) is 5.92 Å². The summed E-state index contributed by atoms with van der Waals surface area (Å²) in [5.74, 6) is 0.558. The molecule has 0 saturated heterocycles. The van der Waals surface area contributed by atoms with Crippen LogP contribution < -0.4 is 0 Å². The maximum absolute atomic E-state index is 2.24. The normalized spacial score (nSPS) is 20.2. The van der Waals surface area contributed by atoms with Crippen LogP contribution in [-0.4, -0.2) is 0 Å². The van der Waals surface area contributed by atoms with Crippen molar-refractivity contribution in [2.45, 2.75) is 41.0 Å². The molecule has 0 radical (unpaired) electrons. The fourth-order valence-corrected chi connectivity index (χ4v) is 1.28. The Hall–Kier alpha value is -1.04. The van der Waals surface area contributed by atoms with Crippen LogP contribution in [0.2, 0.25) is 0 Å². The van der Waals surface area contributed by atoms with E-state index in [1.165, 1.54) is 11.1 Å². The highest BCUT2D eigenvalue weighted by Gasteiger charge is 1.98. The van der Waals surface area contributed by atoms with Crippen molar-refractivity contribution < 1.29 is 0 Å². The molecule has 0 aromatic heterocycles. The van der Waals surface area contributed by atoms with E-state index in [2.05, 4.69) is 57.2 Å². The zero-order chi connectivity index (χ0) is 11.7. The van der Waals surface area contributed by atoms with Gasteiger partial charge in [-0.3, -0.25) is 0 Å². The minimum atomic E-state index is 0.558. The minimum Gasteiger partial charge on any atom is -0.0842 e. The molecule has 0 heteroatoms. The molecule has 15 heavy (non-hydrogen) atoms. The third-order valence-corrected chi connectivity index (χ3v) is 2.22. The van der Waals surface area contributed by atoms with Crippen molar-refractivity contribution in [3.05, 3.63) is 47.6 Å². The first-order valence-corrected chi connectivity index (χ1v) is 5.98. The Labute approximate surface area is 95.1 Å². The molecule has 0 aliphatic heterocycles. The van der Waals surface area contributed by atoms with Gasteiger partial charge in [0.05, 0.1) is 0 Å². The molecule has 0 aromatic rings. The van der Waals surface area contributed by atoms with E-state index in [-0.39, 0.29) is 0 Å². The molecule has 0 spiro atoms. The lowest BCUT2D eigenvalue weighted by Crippen LogP contribution is -1.78. The second kappa shape index (κ2) is 8.28. The molecule has 1 rings (SSSR count). The molecule has 0 N–H and O–H groups in total. The van der Waals surface area contributed by atoms with E-state index < -0.39 is 0 Å². The third-order valence-electron chi connectivity index (χ3n) is 2.22. The van der Waals surface area contributed by atoms with Crippen molar-refractivity contribution in [2.75, 3.05) is 0 Å². The Bertz CT molecular complexity index is 274. The maximum Gasteiger partial charge on any atom is -0.00753 e. The fourth-order valence-electron chi connectivity index (χ4n) is 1.28. The van der Waals surface area contributed by atoms with Crippen molar-refractivity contribution in [3.63, 3.8) is 0 Å². The van der Waals surface area contributed by atoms with Gasteiger partial charge in [-0.1, -0.05) is 64.2 Å². The van der Waals surface area contributed by atoms with E-state index in [1.807, 2.05) is 13.8 Å². The van der Waals surface area contributed by atoms with Crippen LogP contribution in [0.1, 0.15) is 41.0 Å². The second-order valence-corrected chi connectivity index (χ2v) is 3.53. The predicted molar refractivity (Wildman–Crippen MR) is 70.9 cm³/mol. The zero-order valence-corrected chi connectivity index (χ0v) is 10.7. The van der Waals surface area contributed by atoms with Crippen molar-refractivity contribution in [1.82, 2.24) is 0 Å². The third kappa shape index (κ3) is 5.41. The van der Waals surface area contributed by atoms with Crippen molar-refractivity contribution in [1.29, 1.82) is 0 Å². The van der Waals surface area contributed by atoms with E-state index in [0.717, 1.165) is 6.42 Å². The summed E-state index contributed by atoms with van der Waals surface area (Å²) in [5.41, 5.74) is 2.69. The molecule has 0 bridgehead atoms. The first kappa shape index (κ1) is 14.0. The molecule has 0 nitrogen and oxygen atoms in total. The van der Waals surface area contributed by atoms with Gasteiger partial charge in [0.15, 0.2) is 0 Å². The highest BCUT2D eigenvalue weighted by Crippen LogP contribution is 2.16. The molecule has 1 aliphatic rings. The average molecular weight is 204 g/mol. The SMILES string of the molecule is CC.CC/C=C\C1=C(C)C=CC(C)C=C1. The Morgan fingerprint density at radius 3 is 2.40 bits per heavy atom. The summed E-state index contributed by atoms with van der Waals surface area (Å²) in [4.78, 5) is 0. The topological polar surface area (TPSA) is 0 Å². The first-order valence-electron chi connectivity index (χ1n) is 5.98. The van der Waals surface area contributed by atoms with Gasteiger partial charge in [-0.2, -0.15) is 0 Å². The predicted octanol–water partition coefficient (Wildman–Crippen LogP) is 5.06. The van der Waals surface area contributed by atoms with Gasteiger partial charge in [-0.25, -0.2) is 0 Å². The van der Waals surface area contributed by atoms with Crippen LogP contribution in [0.4, 0.5) is 0 Å². The Balaban J connectivity index is 0.000000921. The highest BCUT2D eigenvalue weighted by molar-refractivity contribution is 5.42. The summed E-state index contributed by atoms with van der Waals surface area (Å²) < 4.78 is 0. The summed E-state index contributed by atoms with van der Waals surface area (Å²) in [6.45, 7) is 10.5. The highest BCUT2D eigenvalue weighted by atomic mass is 14.0. The van der Waals surface area contributed by atoms with E-state index in [4.69, 9.17) is 0 Å². The van der Waals surface area contributed by atoms with Gasteiger partial charge in [0.1, 0.15) is 0 Å². The lowest BCUT2D eigenvalue weighted by molar-refractivity contribution is 0.941. The molecular weight excluding hydrogens is 180 g/mol. The minimum absolute atomic E-state index is 0.558. The molecule has 0 saturated carbocycles. The fraction of sp³-hybridized carbons (Fsp3) is 0.467. The lowest BCUT2D eigenvalue weighted by atomic mass is 10.1. The zero-order valence-electron chi connectivity index (χ0n) is 10.7. The van der Waals surface area contributed by atoms with Gasteiger partial charge in [-0.05, 0) is 30.4 Å². The monoisotopic (exact) mass is 204 g/mol. The summed E-state index contributed by atoms with van der Waals surface area (Å²) in [5, 5.41) is 0. The lowest BCUT2D eigenvalue weighted by Gasteiger charge is -1.96. The van der Waals surface area contributed by atoms with E-state index in [1.54, 1.807) is 0 Å². The average Bonchev–Trinajstić information content (AvgIpc) is 2.43. The van der Waals surface area contributed by atoms with Crippen LogP contribution >= 0.6 is 0 Å². The number of hydrogen-bond donors (Lipinski definition) is 0. The number of allylic oxidation sites excluding steroid dienone is 8. The molecule has 1 aliphatic carbocycles. The quantitative estimate of drug-likeness (QED) is 0.590. The van der Waals surface area contributed by atoms with Crippen molar-refractivity contribution >= 4 is 0 Å². The summed E-state index contributed by atoms with van der Waals surface area (Å²) in [6.07, 6.45) is 14.4. The first-order chi connectivity index (χ1) is 7.24. The molecule has 0 heterocycles. The van der Waals surface area contributed by atoms with E-state index in [9.17, 15) is 0 Å². The molecule has 0 fully saturated rings. The van der Waals surface area contributed by atoms with Crippen LogP contribution in [0, 0.1) is 5.92 Å². The summed E-state index contributed by atoms with van der Waals surface area (Å²) in [7, 11) is 0. The Kier molecular flexibility index (Phi) is 7.71. The van der Waals surface area contributed by atoms with Gasteiger partial charge < -0.3 is 0 Å². The second-order valence-electron chi connectivity index (χ2n) is 3.53. The Morgan fingerprint density at radius 2 is 1.80 bits per heavy atom. The Morgan fingerprint density at radius 1 is 1.20 bits per heavy atom. The number of rotatable bonds is 2. The summed E-state index contributed by atoms with van der Waals surface area (Å²) >= 11 is 0. The van der Waals surface area contributed by atoms with Crippen LogP contribution in [-0.2, 0) is 0 Å². The molecule has 84 valence electrons. The molecule has 0 aromatic carbocycles. The van der Waals surface area contributed by atoms with Gasteiger partial charge >= 0.3 is 0 Å².